The van der Waals surface area contributed by atoms with Gasteiger partial charge in [-0.15, -0.1) is 0 Å². The van der Waals surface area contributed by atoms with Gasteiger partial charge in [-0.3, -0.25) is 9.78 Å². The van der Waals surface area contributed by atoms with E-state index in [9.17, 15) is 13.2 Å². The molecular formula is C12H18BrN3O3S. The number of nitrogens with one attached hydrogen (secondary N) is 1. The molecule has 0 saturated heterocycles. The first kappa shape index (κ1) is 17.1. The third kappa shape index (κ3) is 5.56. The standard InChI is InChI=1S/C12H18BrN3O3S/c1-3-16(20(2,18)19)6-4-5-15-12(17)10-7-11(13)9-14-8-10/h7-9H,3-6H2,1-2H3,(H,15,17). The van der Waals surface area contributed by atoms with Gasteiger partial charge in [-0.25, -0.2) is 12.7 Å². The zero-order valence-electron chi connectivity index (χ0n) is 11.5. The molecule has 0 atom stereocenters. The van der Waals surface area contributed by atoms with E-state index in [2.05, 4.69) is 26.2 Å². The van der Waals surface area contributed by atoms with E-state index in [0.29, 0.717) is 31.6 Å². The zero-order chi connectivity index (χ0) is 15.2. The second kappa shape index (κ2) is 7.70. The topological polar surface area (TPSA) is 79.4 Å². The molecule has 0 spiro atoms. The van der Waals surface area contributed by atoms with E-state index in [4.69, 9.17) is 0 Å². The molecule has 1 N–H and O–H groups in total. The summed E-state index contributed by atoms with van der Waals surface area (Å²) in [6.45, 7) is 3.03. The van der Waals surface area contributed by atoms with Gasteiger partial charge in [0.05, 0.1) is 11.8 Å². The van der Waals surface area contributed by atoms with Gasteiger partial charge in [0, 0.05) is 36.5 Å². The number of pyridine rings is 1. The number of nitrogens with zero attached hydrogens (tertiary/aromatic N) is 2. The van der Waals surface area contributed by atoms with E-state index in [1.54, 1.807) is 19.2 Å². The third-order valence-corrected chi connectivity index (χ3v) is 4.47. The van der Waals surface area contributed by atoms with Gasteiger partial charge in [0.25, 0.3) is 5.91 Å². The second-order valence-corrected chi connectivity index (χ2v) is 7.15. The molecule has 112 valence electrons. The van der Waals surface area contributed by atoms with Gasteiger partial charge in [-0.2, -0.15) is 0 Å². The van der Waals surface area contributed by atoms with Crippen LogP contribution >= 0.6 is 15.9 Å². The first-order chi connectivity index (χ1) is 9.34. The molecule has 20 heavy (non-hydrogen) atoms. The first-order valence-electron chi connectivity index (χ1n) is 6.18. The Bertz CT molecular complexity index is 563. The summed E-state index contributed by atoms with van der Waals surface area (Å²) in [6.07, 6.45) is 4.83. The van der Waals surface area contributed by atoms with E-state index in [1.165, 1.54) is 16.8 Å². The van der Waals surface area contributed by atoms with Crippen molar-refractivity contribution in [2.45, 2.75) is 13.3 Å². The van der Waals surface area contributed by atoms with Crippen LogP contribution in [0.15, 0.2) is 22.9 Å². The van der Waals surface area contributed by atoms with Crippen LogP contribution in [0.5, 0.6) is 0 Å². The minimum Gasteiger partial charge on any atom is -0.352 e. The van der Waals surface area contributed by atoms with Crippen molar-refractivity contribution in [3.8, 4) is 0 Å². The minimum atomic E-state index is -3.17. The van der Waals surface area contributed by atoms with E-state index < -0.39 is 10.0 Å². The molecule has 8 heteroatoms. The number of halogens is 1. The quantitative estimate of drug-likeness (QED) is 0.739. The molecule has 0 fully saturated rings. The summed E-state index contributed by atoms with van der Waals surface area (Å²) in [7, 11) is -3.17. The van der Waals surface area contributed by atoms with E-state index in [1.807, 2.05) is 0 Å². The molecule has 0 aliphatic carbocycles. The molecule has 1 aromatic heterocycles. The average Bonchev–Trinajstić information content (AvgIpc) is 2.37. The predicted molar refractivity (Wildman–Crippen MR) is 81.0 cm³/mol. The summed E-state index contributed by atoms with van der Waals surface area (Å²) in [5.74, 6) is -0.221. The van der Waals surface area contributed by atoms with Crippen molar-refractivity contribution in [2.75, 3.05) is 25.9 Å². The molecule has 0 aliphatic rings. The fourth-order valence-corrected chi connectivity index (χ4v) is 2.95. The largest absolute Gasteiger partial charge is 0.352 e. The van der Waals surface area contributed by atoms with Gasteiger partial charge in [0.2, 0.25) is 10.0 Å². The third-order valence-electron chi connectivity index (χ3n) is 2.66. The van der Waals surface area contributed by atoms with Crippen LogP contribution in [0.3, 0.4) is 0 Å². The SMILES string of the molecule is CCN(CCCNC(=O)c1cncc(Br)c1)S(C)(=O)=O. The van der Waals surface area contributed by atoms with Crippen LogP contribution in [0.1, 0.15) is 23.7 Å². The molecule has 6 nitrogen and oxygen atoms in total. The van der Waals surface area contributed by atoms with Crippen LogP contribution < -0.4 is 5.32 Å². The van der Waals surface area contributed by atoms with Crippen LogP contribution in [0.25, 0.3) is 0 Å². The Morgan fingerprint density at radius 2 is 2.15 bits per heavy atom. The second-order valence-electron chi connectivity index (χ2n) is 4.26. The Hall–Kier alpha value is -0.990. The molecule has 0 radical (unpaired) electrons. The maximum atomic E-state index is 11.8. The van der Waals surface area contributed by atoms with Crippen molar-refractivity contribution in [3.05, 3.63) is 28.5 Å². The maximum Gasteiger partial charge on any atom is 0.252 e. The molecule has 0 saturated carbocycles. The highest BCUT2D eigenvalue weighted by Gasteiger charge is 2.13. The number of sulfonamides is 1. The first-order valence-corrected chi connectivity index (χ1v) is 8.82. The van der Waals surface area contributed by atoms with Gasteiger partial charge >= 0.3 is 0 Å². The van der Waals surface area contributed by atoms with Gasteiger partial charge in [0.1, 0.15) is 0 Å². The van der Waals surface area contributed by atoms with E-state index in [0.717, 1.165) is 4.47 Å². The lowest BCUT2D eigenvalue weighted by atomic mass is 10.2. The summed E-state index contributed by atoms with van der Waals surface area (Å²) < 4.78 is 24.9. The number of hydrogen-bond donors (Lipinski definition) is 1. The Balaban J connectivity index is 2.40. The number of carbonyl (C=O) groups is 1. The Morgan fingerprint density at radius 3 is 2.70 bits per heavy atom. The normalized spacial score (nSPS) is 11.6. The van der Waals surface area contributed by atoms with Crippen molar-refractivity contribution < 1.29 is 13.2 Å². The maximum absolute atomic E-state index is 11.8. The van der Waals surface area contributed by atoms with Gasteiger partial charge < -0.3 is 5.32 Å². The van der Waals surface area contributed by atoms with Crippen LogP contribution in [0.2, 0.25) is 0 Å². The molecule has 1 amide bonds. The van der Waals surface area contributed by atoms with Crippen molar-refractivity contribution >= 4 is 31.9 Å². The lowest BCUT2D eigenvalue weighted by Gasteiger charge is -2.17. The average molecular weight is 364 g/mol. The molecule has 1 heterocycles. The lowest BCUT2D eigenvalue weighted by molar-refractivity contribution is 0.0952. The molecule has 1 rings (SSSR count). The van der Waals surface area contributed by atoms with Crippen molar-refractivity contribution in [1.29, 1.82) is 0 Å². The van der Waals surface area contributed by atoms with Crippen LogP contribution in [0, 0.1) is 0 Å². The summed E-state index contributed by atoms with van der Waals surface area (Å²) >= 11 is 3.25. The smallest absolute Gasteiger partial charge is 0.252 e. The van der Waals surface area contributed by atoms with Crippen LogP contribution in [0.4, 0.5) is 0 Å². The van der Waals surface area contributed by atoms with Crippen molar-refractivity contribution in [2.24, 2.45) is 0 Å². The fraction of sp³-hybridized carbons (Fsp3) is 0.500. The fourth-order valence-electron chi connectivity index (χ4n) is 1.65. The Morgan fingerprint density at radius 1 is 1.45 bits per heavy atom. The van der Waals surface area contributed by atoms with Crippen LogP contribution in [-0.4, -0.2) is 49.5 Å². The number of hydrogen-bond acceptors (Lipinski definition) is 4. The summed E-state index contributed by atoms with van der Waals surface area (Å²) in [4.78, 5) is 15.7. The lowest BCUT2D eigenvalue weighted by Crippen LogP contribution is -2.33. The molecule has 1 aromatic rings. The van der Waals surface area contributed by atoms with E-state index >= 15 is 0 Å². The Labute approximate surface area is 127 Å². The zero-order valence-corrected chi connectivity index (χ0v) is 13.9. The van der Waals surface area contributed by atoms with E-state index in [-0.39, 0.29) is 5.91 Å². The predicted octanol–water partition coefficient (Wildman–Crippen LogP) is 1.25. The molecule has 0 aliphatic heterocycles. The van der Waals surface area contributed by atoms with Gasteiger partial charge in [0.15, 0.2) is 0 Å². The Kier molecular flexibility index (Phi) is 6.57. The minimum absolute atomic E-state index is 0.221. The van der Waals surface area contributed by atoms with Gasteiger partial charge in [-0.05, 0) is 28.4 Å². The van der Waals surface area contributed by atoms with Gasteiger partial charge in [-0.1, -0.05) is 6.92 Å². The number of carbonyl (C=O) groups excluding carboxylic acids is 1. The molecule has 0 bridgehead atoms. The highest BCUT2D eigenvalue weighted by atomic mass is 79.9. The number of rotatable bonds is 7. The van der Waals surface area contributed by atoms with Crippen molar-refractivity contribution in [3.63, 3.8) is 0 Å². The number of aromatic nitrogens is 1. The molecule has 0 aromatic carbocycles. The number of amides is 1. The monoisotopic (exact) mass is 363 g/mol. The van der Waals surface area contributed by atoms with Crippen LogP contribution in [-0.2, 0) is 10.0 Å². The van der Waals surface area contributed by atoms with Crippen molar-refractivity contribution in [1.82, 2.24) is 14.6 Å². The summed E-state index contributed by atoms with van der Waals surface area (Å²) in [6, 6.07) is 1.68. The summed E-state index contributed by atoms with van der Waals surface area (Å²) in [5, 5.41) is 2.74. The molecular weight excluding hydrogens is 346 g/mol. The highest BCUT2D eigenvalue weighted by molar-refractivity contribution is 9.10. The summed E-state index contributed by atoms with van der Waals surface area (Å²) in [5.41, 5.74) is 0.467. The molecule has 0 unspecified atom stereocenters. The highest BCUT2D eigenvalue weighted by Crippen LogP contribution is 2.09.